The van der Waals surface area contributed by atoms with E-state index in [1.165, 1.54) is 12.8 Å². The van der Waals surface area contributed by atoms with Crippen molar-refractivity contribution < 1.29 is 0 Å². The minimum Gasteiger partial charge on any atom is -0.0748 e. The molecule has 0 aromatic carbocycles. The van der Waals surface area contributed by atoms with Gasteiger partial charge in [-0.05, 0) is 6.42 Å². The SMILES string of the molecule is CCCC1(C)C=CC=C1. The summed E-state index contributed by atoms with van der Waals surface area (Å²) in [6.45, 7) is 4.50. The lowest BCUT2D eigenvalue weighted by molar-refractivity contribution is 0.499. The fourth-order valence-corrected chi connectivity index (χ4v) is 1.31. The van der Waals surface area contributed by atoms with Gasteiger partial charge in [0.05, 0.1) is 0 Å². The molecule has 0 bridgehead atoms. The molecule has 1 aliphatic rings. The molecule has 0 unspecified atom stereocenters. The summed E-state index contributed by atoms with van der Waals surface area (Å²) >= 11 is 0. The van der Waals surface area contributed by atoms with E-state index in [1.54, 1.807) is 0 Å². The molecule has 0 saturated heterocycles. The monoisotopic (exact) mass is 122 g/mol. The van der Waals surface area contributed by atoms with E-state index in [4.69, 9.17) is 0 Å². The molecule has 9 heavy (non-hydrogen) atoms. The van der Waals surface area contributed by atoms with Gasteiger partial charge in [0, 0.05) is 5.41 Å². The minimum absolute atomic E-state index is 0.384. The molecule has 0 aromatic heterocycles. The van der Waals surface area contributed by atoms with Gasteiger partial charge in [-0.1, -0.05) is 44.6 Å². The summed E-state index contributed by atoms with van der Waals surface area (Å²) in [6, 6.07) is 0. The molecule has 0 atom stereocenters. The Bertz CT molecular complexity index is 128. The Morgan fingerprint density at radius 1 is 1.22 bits per heavy atom. The first-order valence-electron chi connectivity index (χ1n) is 3.64. The van der Waals surface area contributed by atoms with Crippen LogP contribution in [0.15, 0.2) is 24.3 Å². The molecule has 50 valence electrons. The fraction of sp³-hybridized carbons (Fsp3) is 0.556. The van der Waals surface area contributed by atoms with Gasteiger partial charge in [-0.15, -0.1) is 0 Å². The highest BCUT2D eigenvalue weighted by molar-refractivity contribution is 5.23. The second-order valence-electron chi connectivity index (χ2n) is 2.97. The van der Waals surface area contributed by atoms with E-state index in [9.17, 15) is 0 Å². The van der Waals surface area contributed by atoms with Crippen LogP contribution in [0.4, 0.5) is 0 Å². The average Bonchev–Trinajstić information content (AvgIpc) is 2.16. The lowest BCUT2D eigenvalue weighted by Crippen LogP contribution is -2.05. The summed E-state index contributed by atoms with van der Waals surface area (Å²) in [7, 11) is 0. The van der Waals surface area contributed by atoms with Crippen LogP contribution < -0.4 is 0 Å². The van der Waals surface area contributed by atoms with E-state index in [2.05, 4.69) is 38.2 Å². The van der Waals surface area contributed by atoms with Crippen LogP contribution in [0, 0.1) is 5.41 Å². The van der Waals surface area contributed by atoms with Crippen molar-refractivity contribution in [2.75, 3.05) is 0 Å². The van der Waals surface area contributed by atoms with Crippen LogP contribution in [0.2, 0.25) is 0 Å². The summed E-state index contributed by atoms with van der Waals surface area (Å²) in [4.78, 5) is 0. The molecular formula is C9H14. The lowest BCUT2D eigenvalue weighted by Gasteiger charge is -2.16. The maximum Gasteiger partial charge on any atom is 0.00388 e. The first kappa shape index (κ1) is 6.60. The van der Waals surface area contributed by atoms with E-state index in [1.807, 2.05) is 0 Å². The zero-order valence-corrected chi connectivity index (χ0v) is 6.22. The standard InChI is InChI=1S/C9H14/c1-3-6-9(2)7-4-5-8-9/h4-5,7-8H,3,6H2,1-2H3. The second-order valence-corrected chi connectivity index (χ2v) is 2.97. The Morgan fingerprint density at radius 3 is 2.22 bits per heavy atom. The van der Waals surface area contributed by atoms with Gasteiger partial charge in [0.1, 0.15) is 0 Å². The van der Waals surface area contributed by atoms with Gasteiger partial charge in [-0.25, -0.2) is 0 Å². The molecule has 0 fully saturated rings. The minimum atomic E-state index is 0.384. The third-order valence-corrected chi connectivity index (χ3v) is 1.85. The van der Waals surface area contributed by atoms with Crippen LogP contribution in [-0.4, -0.2) is 0 Å². The smallest absolute Gasteiger partial charge is 0.00388 e. The van der Waals surface area contributed by atoms with Gasteiger partial charge < -0.3 is 0 Å². The molecule has 0 N–H and O–H groups in total. The number of rotatable bonds is 2. The van der Waals surface area contributed by atoms with Gasteiger partial charge in [0.15, 0.2) is 0 Å². The van der Waals surface area contributed by atoms with Crippen molar-refractivity contribution in [3.05, 3.63) is 24.3 Å². The van der Waals surface area contributed by atoms with Crippen LogP contribution in [0.3, 0.4) is 0 Å². The number of hydrogen-bond acceptors (Lipinski definition) is 0. The van der Waals surface area contributed by atoms with Crippen molar-refractivity contribution in [3.8, 4) is 0 Å². The summed E-state index contributed by atoms with van der Waals surface area (Å²) in [5, 5.41) is 0. The molecule has 0 nitrogen and oxygen atoms in total. The molecule has 0 spiro atoms. The van der Waals surface area contributed by atoms with Gasteiger partial charge in [-0.2, -0.15) is 0 Å². The molecule has 1 rings (SSSR count). The normalized spacial score (nSPS) is 21.1. The van der Waals surface area contributed by atoms with Crippen LogP contribution in [0.1, 0.15) is 26.7 Å². The maximum absolute atomic E-state index is 2.27. The van der Waals surface area contributed by atoms with Gasteiger partial charge in [0.25, 0.3) is 0 Å². The van der Waals surface area contributed by atoms with Gasteiger partial charge in [0.2, 0.25) is 0 Å². The molecule has 0 aliphatic heterocycles. The maximum atomic E-state index is 2.27. The van der Waals surface area contributed by atoms with Crippen LogP contribution >= 0.6 is 0 Å². The van der Waals surface area contributed by atoms with Crippen LogP contribution in [0.5, 0.6) is 0 Å². The van der Waals surface area contributed by atoms with E-state index in [-0.39, 0.29) is 0 Å². The quantitative estimate of drug-likeness (QED) is 0.528. The molecule has 0 amide bonds. The topological polar surface area (TPSA) is 0 Å². The van der Waals surface area contributed by atoms with E-state index in [0.717, 1.165) is 0 Å². The summed E-state index contributed by atoms with van der Waals surface area (Å²) in [6.07, 6.45) is 11.4. The summed E-state index contributed by atoms with van der Waals surface area (Å²) in [5.74, 6) is 0. The highest BCUT2D eigenvalue weighted by Crippen LogP contribution is 2.29. The zero-order chi connectivity index (χ0) is 6.74. The highest BCUT2D eigenvalue weighted by atomic mass is 14.2. The fourth-order valence-electron chi connectivity index (χ4n) is 1.31. The largest absolute Gasteiger partial charge is 0.0748 e. The van der Waals surface area contributed by atoms with Gasteiger partial charge in [-0.3, -0.25) is 0 Å². The predicted octanol–water partition coefficient (Wildman–Crippen LogP) is 2.92. The average molecular weight is 122 g/mol. The molecule has 1 aliphatic carbocycles. The Labute approximate surface area is 57.3 Å². The van der Waals surface area contributed by atoms with Crippen molar-refractivity contribution >= 4 is 0 Å². The van der Waals surface area contributed by atoms with E-state index in [0.29, 0.717) is 5.41 Å². The lowest BCUT2D eigenvalue weighted by atomic mass is 9.88. The van der Waals surface area contributed by atoms with Crippen molar-refractivity contribution in [2.24, 2.45) is 5.41 Å². The Kier molecular flexibility index (Phi) is 1.75. The van der Waals surface area contributed by atoms with Crippen molar-refractivity contribution in [2.45, 2.75) is 26.7 Å². The van der Waals surface area contributed by atoms with Crippen LogP contribution in [0.25, 0.3) is 0 Å². The van der Waals surface area contributed by atoms with Crippen molar-refractivity contribution in [1.29, 1.82) is 0 Å². The molecule has 0 radical (unpaired) electrons. The number of allylic oxidation sites excluding steroid dienone is 4. The number of hydrogen-bond donors (Lipinski definition) is 0. The Balaban J connectivity index is 2.53. The molecule has 0 aromatic rings. The third-order valence-electron chi connectivity index (χ3n) is 1.85. The molecule has 0 heteroatoms. The Hall–Kier alpha value is -0.520. The molecule has 0 heterocycles. The zero-order valence-electron chi connectivity index (χ0n) is 6.22. The molecular weight excluding hydrogens is 108 g/mol. The highest BCUT2D eigenvalue weighted by Gasteiger charge is 2.16. The predicted molar refractivity (Wildman–Crippen MR) is 41.3 cm³/mol. The Morgan fingerprint density at radius 2 is 1.78 bits per heavy atom. The first-order chi connectivity index (χ1) is 4.27. The van der Waals surface area contributed by atoms with Gasteiger partial charge >= 0.3 is 0 Å². The van der Waals surface area contributed by atoms with E-state index >= 15 is 0 Å². The van der Waals surface area contributed by atoms with Crippen molar-refractivity contribution in [3.63, 3.8) is 0 Å². The van der Waals surface area contributed by atoms with Crippen LogP contribution in [-0.2, 0) is 0 Å². The van der Waals surface area contributed by atoms with Crippen molar-refractivity contribution in [1.82, 2.24) is 0 Å². The first-order valence-corrected chi connectivity index (χ1v) is 3.64. The summed E-state index contributed by atoms with van der Waals surface area (Å²) < 4.78 is 0. The molecule has 0 saturated carbocycles. The third kappa shape index (κ3) is 1.44. The summed E-state index contributed by atoms with van der Waals surface area (Å²) in [5.41, 5.74) is 0.384. The van der Waals surface area contributed by atoms with E-state index < -0.39 is 0 Å². The second kappa shape index (κ2) is 2.38.